The van der Waals surface area contributed by atoms with Crippen LogP contribution in [0.1, 0.15) is 52.4 Å². The Kier molecular flexibility index (Phi) is 6.46. The average molecular weight is 226 g/mol. The van der Waals surface area contributed by atoms with Gasteiger partial charge in [0.15, 0.2) is 0 Å². The summed E-state index contributed by atoms with van der Waals surface area (Å²) >= 11 is 0. The fraction of sp³-hybridized carbons (Fsp3) is 0.923. The molecule has 2 unspecified atom stereocenters. The van der Waals surface area contributed by atoms with Crippen molar-refractivity contribution in [2.45, 2.75) is 58.4 Å². The molecule has 3 nitrogen and oxygen atoms in total. The van der Waals surface area contributed by atoms with Crippen LogP contribution in [0.3, 0.4) is 0 Å². The van der Waals surface area contributed by atoms with Gasteiger partial charge in [0, 0.05) is 6.54 Å². The monoisotopic (exact) mass is 226 g/mol. The molecule has 1 amide bonds. The Hall–Kier alpha value is -0.570. The maximum absolute atomic E-state index is 11.7. The molecule has 1 saturated heterocycles. The molecule has 1 aliphatic heterocycles. The summed E-state index contributed by atoms with van der Waals surface area (Å²) in [4.78, 5) is 11.7. The average Bonchev–Trinajstić information content (AvgIpc) is 2.30. The summed E-state index contributed by atoms with van der Waals surface area (Å²) in [5.74, 6) is 0.933. The number of carbonyl (C=O) groups is 1. The Labute approximate surface area is 99.4 Å². The number of rotatable bonds is 6. The Bertz CT molecular complexity index is 206. The molecule has 0 aromatic carbocycles. The van der Waals surface area contributed by atoms with E-state index in [-0.39, 0.29) is 11.9 Å². The zero-order chi connectivity index (χ0) is 11.8. The first kappa shape index (κ1) is 13.5. The minimum Gasteiger partial charge on any atom is -0.355 e. The summed E-state index contributed by atoms with van der Waals surface area (Å²) in [5.41, 5.74) is 0. The van der Waals surface area contributed by atoms with Crippen LogP contribution in [0.25, 0.3) is 0 Å². The van der Waals surface area contributed by atoms with Gasteiger partial charge in [0.25, 0.3) is 0 Å². The molecule has 2 atom stereocenters. The molecule has 0 radical (unpaired) electrons. The second-order valence-electron chi connectivity index (χ2n) is 4.79. The van der Waals surface area contributed by atoms with Crippen LogP contribution in [-0.2, 0) is 4.79 Å². The molecule has 0 aromatic rings. The lowest BCUT2D eigenvalue weighted by molar-refractivity contribution is -0.124. The number of hydrogen-bond acceptors (Lipinski definition) is 2. The van der Waals surface area contributed by atoms with Crippen LogP contribution in [0.15, 0.2) is 0 Å². The SMILES string of the molecule is CCCCCC1CCNC(C(=O)NCC)C1. The van der Waals surface area contributed by atoms with Gasteiger partial charge in [-0.1, -0.05) is 32.6 Å². The molecule has 1 fully saturated rings. The maximum Gasteiger partial charge on any atom is 0.237 e. The first-order valence-electron chi connectivity index (χ1n) is 6.79. The Balaban J connectivity index is 2.26. The van der Waals surface area contributed by atoms with Crippen molar-refractivity contribution in [2.75, 3.05) is 13.1 Å². The topological polar surface area (TPSA) is 41.1 Å². The van der Waals surface area contributed by atoms with Gasteiger partial charge < -0.3 is 10.6 Å². The van der Waals surface area contributed by atoms with E-state index >= 15 is 0 Å². The molecule has 1 heterocycles. The van der Waals surface area contributed by atoms with Crippen LogP contribution >= 0.6 is 0 Å². The second kappa shape index (κ2) is 7.66. The quantitative estimate of drug-likeness (QED) is 0.681. The van der Waals surface area contributed by atoms with Gasteiger partial charge in [-0.25, -0.2) is 0 Å². The van der Waals surface area contributed by atoms with Crippen molar-refractivity contribution in [3.05, 3.63) is 0 Å². The zero-order valence-electron chi connectivity index (χ0n) is 10.7. The summed E-state index contributed by atoms with van der Waals surface area (Å²) in [6, 6.07) is 0.0559. The predicted octanol–water partition coefficient (Wildman–Crippen LogP) is 2.07. The van der Waals surface area contributed by atoms with Gasteiger partial charge in [-0.2, -0.15) is 0 Å². The van der Waals surface area contributed by atoms with E-state index in [1.165, 1.54) is 32.1 Å². The van der Waals surface area contributed by atoms with Crippen LogP contribution in [0.4, 0.5) is 0 Å². The van der Waals surface area contributed by atoms with E-state index in [0.29, 0.717) is 0 Å². The summed E-state index contributed by atoms with van der Waals surface area (Å²) in [7, 11) is 0. The van der Waals surface area contributed by atoms with Gasteiger partial charge in [0.1, 0.15) is 0 Å². The minimum atomic E-state index is 0.0559. The molecule has 0 aliphatic carbocycles. The molecule has 0 bridgehead atoms. The van der Waals surface area contributed by atoms with E-state index in [0.717, 1.165) is 25.4 Å². The lowest BCUT2D eigenvalue weighted by Gasteiger charge is -2.29. The molecule has 16 heavy (non-hydrogen) atoms. The summed E-state index contributed by atoms with van der Waals surface area (Å²) < 4.78 is 0. The Morgan fingerprint density at radius 3 is 2.88 bits per heavy atom. The number of unbranched alkanes of at least 4 members (excludes halogenated alkanes) is 2. The Morgan fingerprint density at radius 1 is 1.38 bits per heavy atom. The van der Waals surface area contributed by atoms with Crippen LogP contribution in [0.5, 0.6) is 0 Å². The summed E-state index contributed by atoms with van der Waals surface area (Å²) in [6.45, 7) is 5.94. The van der Waals surface area contributed by atoms with Gasteiger partial charge in [0.05, 0.1) is 6.04 Å². The van der Waals surface area contributed by atoms with Gasteiger partial charge >= 0.3 is 0 Å². The highest BCUT2D eigenvalue weighted by molar-refractivity contribution is 5.81. The highest BCUT2D eigenvalue weighted by Gasteiger charge is 2.25. The standard InChI is InChI=1S/C13H26N2O/c1-3-5-6-7-11-8-9-15-12(10-11)13(16)14-4-2/h11-12,15H,3-10H2,1-2H3,(H,14,16). The van der Waals surface area contributed by atoms with Gasteiger partial charge in [-0.15, -0.1) is 0 Å². The fourth-order valence-electron chi connectivity index (χ4n) is 2.44. The van der Waals surface area contributed by atoms with Crippen molar-refractivity contribution in [1.29, 1.82) is 0 Å². The second-order valence-corrected chi connectivity index (χ2v) is 4.79. The van der Waals surface area contributed by atoms with Crippen LogP contribution < -0.4 is 10.6 Å². The first-order valence-corrected chi connectivity index (χ1v) is 6.79. The van der Waals surface area contributed by atoms with Crippen molar-refractivity contribution >= 4 is 5.91 Å². The van der Waals surface area contributed by atoms with Crippen molar-refractivity contribution in [2.24, 2.45) is 5.92 Å². The minimum absolute atomic E-state index is 0.0559. The number of piperidine rings is 1. The van der Waals surface area contributed by atoms with E-state index in [1.54, 1.807) is 0 Å². The normalized spacial score (nSPS) is 25.4. The molecule has 2 N–H and O–H groups in total. The highest BCUT2D eigenvalue weighted by Crippen LogP contribution is 2.22. The van der Waals surface area contributed by atoms with Crippen molar-refractivity contribution in [3.63, 3.8) is 0 Å². The number of hydrogen-bond donors (Lipinski definition) is 2. The molecular weight excluding hydrogens is 200 g/mol. The van der Waals surface area contributed by atoms with E-state index in [4.69, 9.17) is 0 Å². The van der Waals surface area contributed by atoms with Crippen LogP contribution in [0.2, 0.25) is 0 Å². The third-order valence-electron chi connectivity index (χ3n) is 3.40. The van der Waals surface area contributed by atoms with E-state index in [2.05, 4.69) is 17.6 Å². The molecule has 0 saturated carbocycles. The molecule has 0 aromatic heterocycles. The maximum atomic E-state index is 11.7. The predicted molar refractivity (Wildman–Crippen MR) is 67.3 cm³/mol. The van der Waals surface area contributed by atoms with Gasteiger partial charge in [-0.05, 0) is 32.2 Å². The molecular formula is C13H26N2O. The lowest BCUT2D eigenvalue weighted by atomic mass is 9.88. The first-order chi connectivity index (χ1) is 7.77. The third-order valence-corrected chi connectivity index (χ3v) is 3.40. The number of amides is 1. The van der Waals surface area contributed by atoms with Gasteiger partial charge in [-0.3, -0.25) is 4.79 Å². The van der Waals surface area contributed by atoms with Crippen LogP contribution in [-0.4, -0.2) is 25.0 Å². The van der Waals surface area contributed by atoms with Crippen molar-refractivity contribution < 1.29 is 4.79 Å². The summed E-state index contributed by atoms with van der Waals surface area (Å²) in [5, 5.41) is 6.21. The van der Waals surface area contributed by atoms with E-state index in [9.17, 15) is 4.79 Å². The lowest BCUT2D eigenvalue weighted by Crippen LogP contribution is -2.48. The number of likely N-dealkylation sites (N-methyl/N-ethyl adjacent to an activating group) is 1. The zero-order valence-corrected chi connectivity index (χ0v) is 10.7. The fourth-order valence-corrected chi connectivity index (χ4v) is 2.44. The van der Waals surface area contributed by atoms with E-state index in [1.807, 2.05) is 6.92 Å². The third kappa shape index (κ3) is 4.52. The summed E-state index contributed by atoms with van der Waals surface area (Å²) in [6.07, 6.45) is 7.49. The highest BCUT2D eigenvalue weighted by atomic mass is 16.2. The molecule has 0 spiro atoms. The molecule has 1 aliphatic rings. The van der Waals surface area contributed by atoms with E-state index < -0.39 is 0 Å². The van der Waals surface area contributed by atoms with Gasteiger partial charge in [0.2, 0.25) is 5.91 Å². The Morgan fingerprint density at radius 2 is 2.19 bits per heavy atom. The van der Waals surface area contributed by atoms with Crippen LogP contribution in [0, 0.1) is 5.92 Å². The van der Waals surface area contributed by atoms with Crippen molar-refractivity contribution in [1.82, 2.24) is 10.6 Å². The molecule has 1 rings (SSSR count). The smallest absolute Gasteiger partial charge is 0.237 e. The molecule has 94 valence electrons. The largest absolute Gasteiger partial charge is 0.355 e. The van der Waals surface area contributed by atoms with Crippen molar-refractivity contribution in [3.8, 4) is 0 Å². The number of carbonyl (C=O) groups excluding carboxylic acids is 1. The number of nitrogens with one attached hydrogen (secondary N) is 2. The molecule has 3 heteroatoms.